The second kappa shape index (κ2) is 3.96. The van der Waals surface area contributed by atoms with E-state index in [0.717, 1.165) is 6.08 Å². The van der Waals surface area contributed by atoms with Gasteiger partial charge in [-0.25, -0.2) is 9.59 Å². The first-order chi connectivity index (χ1) is 4.16. The first-order valence-electron chi connectivity index (χ1n) is 1.93. The van der Waals surface area contributed by atoms with Crippen LogP contribution in [0.2, 0.25) is 0 Å². The minimum Gasteiger partial charge on any atom is -0.478 e. The monoisotopic (exact) mass is 148 g/mol. The van der Waals surface area contributed by atoms with Crippen LogP contribution in [0.1, 0.15) is 0 Å². The smallest absolute Gasteiger partial charge is 0.342 e. The van der Waals surface area contributed by atoms with Crippen molar-refractivity contribution in [1.29, 1.82) is 0 Å². The van der Waals surface area contributed by atoms with Crippen LogP contribution in [0.4, 0.5) is 0 Å². The highest BCUT2D eigenvalue weighted by Gasteiger charge is 1.92. The zero-order valence-corrected chi connectivity index (χ0v) is 5.17. The maximum Gasteiger partial charge on any atom is 0.342 e. The summed E-state index contributed by atoms with van der Waals surface area (Å²) in [4.78, 5) is 19.8. The van der Waals surface area contributed by atoms with Crippen LogP contribution in [0.5, 0.6) is 0 Å². The van der Waals surface area contributed by atoms with Crippen LogP contribution in [-0.4, -0.2) is 17.0 Å². The number of hydrogen-bond acceptors (Lipinski definition) is 4. The molecule has 0 aliphatic carbocycles. The number of thiol groups is 1. The van der Waals surface area contributed by atoms with E-state index >= 15 is 0 Å². The van der Waals surface area contributed by atoms with E-state index in [1.54, 1.807) is 0 Å². The minimum atomic E-state index is -1.20. The molecule has 0 saturated heterocycles. The summed E-state index contributed by atoms with van der Waals surface area (Å²) < 4.78 is 3.81. The number of carboxylic acids is 1. The molecule has 4 nitrogen and oxygen atoms in total. The Kier molecular flexibility index (Phi) is 3.54. The minimum absolute atomic E-state index is 0.665. The van der Waals surface area contributed by atoms with Gasteiger partial charge in [-0.2, -0.15) is 0 Å². The number of carbonyl (C=O) groups excluding carboxylic acids is 1. The molecule has 0 spiro atoms. The summed E-state index contributed by atoms with van der Waals surface area (Å²) in [7, 11) is 0. The Morgan fingerprint density at radius 2 is 2.00 bits per heavy atom. The van der Waals surface area contributed by atoms with Gasteiger partial charge in [0.05, 0.1) is 0 Å². The van der Waals surface area contributed by atoms with Gasteiger partial charge in [-0.05, 0) is 0 Å². The van der Waals surface area contributed by atoms with E-state index in [1.165, 1.54) is 0 Å². The molecule has 0 aromatic heterocycles. The lowest BCUT2D eigenvalue weighted by molar-refractivity contribution is -0.132. The van der Waals surface area contributed by atoms with Crippen molar-refractivity contribution in [1.82, 2.24) is 0 Å². The molecular formula is C4H4O4S. The van der Waals surface area contributed by atoms with E-state index in [1.807, 2.05) is 0 Å². The lowest BCUT2D eigenvalue weighted by Crippen LogP contribution is -1.93. The summed E-state index contributed by atoms with van der Waals surface area (Å²) in [6.07, 6.45) is 1.42. The van der Waals surface area contributed by atoms with Crippen molar-refractivity contribution in [3.63, 3.8) is 0 Å². The van der Waals surface area contributed by atoms with Crippen LogP contribution in [0.15, 0.2) is 12.2 Å². The molecule has 9 heavy (non-hydrogen) atoms. The van der Waals surface area contributed by atoms with Crippen LogP contribution in [0.3, 0.4) is 0 Å². The second-order valence-electron chi connectivity index (χ2n) is 1.08. The Bertz CT molecular complexity index is 151. The Balaban J connectivity index is 3.71. The standard InChI is InChI=1S/C4H4O4S/c5-3(6)1-2-4(7)8-9/h1-2,9H,(H,5,6). The van der Waals surface area contributed by atoms with Crippen LogP contribution in [0.25, 0.3) is 0 Å². The van der Waals surface area contributed by atoms with E-state index in [-0.39, 0.29) is 0 Å². The maximum absolute atomic E-state index is 10.1. The second-order valence-corrected chi connectivity index (χ2v) is 1.26. The topological polar surface area (TPSA) is 63.6 Å². The number of carbonyl (C=O) groups is 2. The van der Waals surface area contributed by atoms with Crippen molar-refractivity contribution in [3.05, 3.63) is 12.2 Å². The Morgan fingerprint density at radius 3 is 2.33 bits per heavy atom. The third-order valence-corrected chi connectivity index (χ3v) is 0.632. The third kappa shape index (κ3) is 4.89. The normalized spacial score (nSPS) is 9.44. The van der Waals surface area contributed by atoms with Crippen molar-refractivity contribution >= 4 is 24.8 Å². The van der Waals surface area contributed by atoms with Gasteiger partial charge in [-0.3, -0.25) is 0 Å². The van der Waals surface area contributed by atoms with E-state index in [9.17, 15) is 9.59 Å². The number of rotatable bonds is 2. The summed E-state index contributed by atoms with van der Waals surface area (Å²) in [5.41, 5.74) is 0. The van der Waals surface area contributed by atoms with E-state index in [2.05, 4.69) is 17.1 Å². The van der Waals surface area contributed by atoms with Crippen LogP contribution in [0, 0.1) is 0 Å². The zero-order valence-electron chi connectivity index (χ0n) is 4.27. The zero-order chi connectivity index (χ0) is 7.28. The molecule has 0 heterocycles. The summed E-state index contributed by atoms with van der Waals surface area (Å²) in [6, 6.07) is 0. The average molecular weight is 148 g/mol. The molecule has 0 rings (SSSR count). The van der Waals surface area contributed by atoms with Crippen molar-refractivity contribution in [2.75, 3.05) is 0 Å². The molecule has 0 unspecified atom stereocenters. The van der Waals surface area contributed by atoms with Gasteiger partial charge < -0.3 is 9.29 Å². The summed E-state index contributed by atoms with van der Waals surface area (Å²) >= 11 is 3.12. The molecule has 0 amide bonds. The Hall–Kier alpha value is -0.970. The highest BCUT2D eigenvalue weighted by atomic mass is 32.1. The lowest BCUT2D eigenvalue weighted by Gasteiger charge is -1.83. The molecule has 0 bridgehead atoms. The highest BCUT2D eigenvalue weighted by molar-refractivity contribution is 7.75. The molecular weight excluding hydrogens is 144 g/mol. The fourth-order valence-corrected chi connectivity index (χ4v) is 0.231. The fraction of sp³-hybridized carbons (Fsp3) is 0. The van der Waals surface area contributed by atoms with Gasteiger partial charge in [-0.1, -0.05) is 0 Å². The molecule has 0 fully saturated rings. The SMILES string of the molecule is O=C(O)C=CC(=O)OS. The van der Waals surface area contributed by atoms with E-state index in [0.29, 0.717) is 6.08 Å². The first kappa shape index (κ1) is 8.03. The lowest BCUT2D eigenvalue weighted by atomic mass is 10.5. The summed E-state index contributed by atoms with van der Waals surface area (Å²) in [5.74, 6) is -2.01. The third-order valence-electron chi connectivity index (χ3n) is 0.452. The van der Waals surface area contributed by atoms with E-state index in [4.69, 9.17) is 5.11 Å². The van der Waals surface area contributed by atoms with Crippen LogP contribution < -0.4 is 0 Å². The van der Waals surface area contributed by atoms with Gasteiger partial charge in [0, 0.05) is 25.1 Å². The molecule has 0 aromatic rings. The Labute approximate surface area is 56.7 Å². The van der Waals surface area contributed by atoms with Gasteiger partial charge in [0.2, 0.25) is 0 Å². The molecule has 0 aromatic carbocycles. The maximum atomic E-state index is 10.1. The average Bonchev–Trinajstić information content (AvgIpc) is 1.83. The predicted octanol–water partition coefficient (Wildman–Crippen LogP) is 0.0152. The molecule has 5 heteroatoms. The van der Waals surface area contributed by atoms with Gasteiger partial charge in [0.25, 0.3) is 0 Å². The molecule has 0 saturated carbocycles. The molecule has 0 radical (unpaired) electrons. The molecule has 1 N–H and O–H groups in total. The highest BCUT2D eigenvalue weighted by Crippen LogP contribution is 1.83. The van der Waals surface area contributed by atoms with Crippen molar-refractivity contribution in [3.8, 4) is 0 Å². The number of carboxylic acid groups (broad SMARTS) is 1. The first-order valence-corrected chi connectivity index (χ1v) is 2.29. The summed E-state index contributed by atoms with van der Waals surface area (Å²) in [5, 5.41) is 7.94. The van der Waals surface area contributed by atoms with Crippen LogP contribution in [-0.2, 0) is 13.8 Å². The summed E-state index contributed by atoms with van der Waals surface area (Å²) in [6.45, 7) is 0. The van der Waals surface area contributed by atoms with Gasteiger partial charge >= 0.3 is 11.9 Å². The van der Waals surface area contributed by atoms with Gasteiger partial charge in [-0.15, -0.1) is 0 Å². The quantitative estimate of drug-likeness (QED) is 0.329. The molecule has 0 aliphatic rings. The number of hydrogen-bond donors (Lipinski definition) is 2. The molecule has 0 aliphatic heterocycles. The molecule has 0 atom stereocenters. The van der Waals surface area contributed by atoms with Crippen LogP contribution >= 0.6 is 12.9 Å². The Morgan fingerprint density at radius 1 is 1.44 bits per heavy atom. The molecule has 50 valence electrons. The van der Waals surface area contributed by atoms with Crippen molar-refractivity contribution < 1.29 is 18.9 Å². The van der Waals surface area contributed by atoms with E-state index < -0.39 is 11.9 Å². The predicted molar refractivity (Wildman–Crippen MR) is 31.9 cm³/mol. The largest absolute Gasteiger partial charge is 0.478 e. The van der Waals surface area contributed by atoms with Gasteiger partial charge in [0.1, 0.15) is 0 Å². The van der Waals surface area contributed by atoms with Crippen molar-refractivity contribution in [2.24, 2.45) is 0 Å². The van der Waals surface area contributed by atoms with Gasteiger partial charge in [0.15, 0.2) is 0 Å². The fourth-order valence-electron chi connectivity index (χ4n) is 0.170. The van der Waals surface area contributed by atoms with Crippen molar-refractivity contribution in [2.45, 2.75) is 0 Å². The number of aliphatic carboxylic acids is 1.